The predicted octanol–water partition coefficient (Wildman–Crippen LogP) is 2.28. The van der Waals surface area contributed by atoms with Gasteiger partial charge in [-0.15, -0.1) is 0 Å². The van der Waals surface area contributed by atoms with Crippen LogP contribution in [-0.2, 0) is 17.7 Å². The Hall–Kier alpha value is -1.94. The van der Waals surface area contributed by atoms with E-state index in [1.807, 2.05) is 12.1 Å². The molecule has 0 radical (unpaired) electrons. The molecular weight excluding hydrogens is 226 g/mol. The molecule has 0 unspecified atom stereocenters. The quantitative estimate of drug-likeness (QED) is 0.845. The molecule has 2 rings (SSSR count). The van der Waals surface area contributed by atoms with Crippen molar-refractivity contribution < 1.29 is 4.74 Å². The monoisotopic (exact) mass is 243 g/mol. The van der Waals surface area contributed by atoms with Crippen LogP contribution in [0.5, 0.6) is 0 Å². The lowest BCUT2D eigenvalue weighted by atomic mass is 10.1. The van der Waals surface area contributed by atoms with Crippen LogP contribution in [0.1, 0.15) is 11.3 Å². The molecule has 0 aliphatic rings. The Morgan fingerprint density at radius 1 is 1.22 bits per heavy atom. The van der Waals surface area contributed by atoms with Crippen molar-refractivity contribution in [3.8, 4) is 0 Å². The molecule has 0 amide bonds. The SMILES string of the molecule is COCCc1ccccc1NCc1cnccn1. The van der Waals surface area contributed by atoms with Gasteiger partial charge < -0.3 is 10.1 Å². The number of hydrogen-bond donors (Lipinski definition) is 1. The molecule has 2 aromatic rings. The zero-order valence-corrected chi connectivity index (χ0v) is 10.5. The van der Waals surface area contributed by atoms with Crippen LogP contribution in [-0.4, -0.2) is 23.7 Å². The number of rotatable bonds is 6. The molecule has 1 N–H and O–H groups in total. The number of benzene rings is 1. The van der Waals surface area contributed by atoms with Crippen LogP contribution in [0, 0.1) is 0 Å². The first kappa shape index (κ1) is 12.5. The maximum Gasteiger partial charge on any atom is 0.0777 e. The van der Waals surface area contributed by atoms with Crippen LogP contribution < -0.4 is 5.32 Å². The third kappa shape index (κ3) is 3.53. The number of anilines is 1. The normalized spacial score (nSPS) is 10.3. The number of hydrogen-bond acceptors (Lipinski definition) is 4. The van der Waals surface area contributed by atoms with E-state index in [-0.39, 0.29) is 0 Å². The second-order valence-electron chi connectivity index (χ2n) is 3.95. The molecule has 0 fully saturated rings. The summed E-state index contributed by atoms with van der Waals surface area (Å²) in [6, 6.07) is 8.24. The highest BCUT2D eigenvalue weighted by atomic mass is 16.5. The number of ether oxygens (including phenoxy) is 1. The van der Waals surface area contributed by atoms with Gasteiger partial charge in [-0.25, -0.2) is 0 Å². The van der Waals surface area contributed by atoms with Crippen LogP contribution in [0.4, 0.5) is 5.69 Å². The van der Waals surface area contributed by atoms with Gasteiger partial charge >= 0.3 is 0 Å². The number of nitrogens with one attached hydrogen (secondary N) is 1. The summed E-state index contributed by atoms with van der Waals surface area (Å²) in [5, 5.41) is 3.38. The fourth-order valence-electron chi connectivity index (χ4n) is 1.73. The molecule has 1 aromatic heterocycles. The maximum absolute atomic E-state index is 5.11. The molecule has 0 spiro atoms. The molecule has 0 saturated carbocycles. The summed E-state index contributed by atoms with van der Waals surface area (Å²) in [4.78, 5) is 8.28. The Morgan fingerprint density at radius 3 is 2.89 bits per heavy atom. The largest absolute Gasteiger partial charge is 0.384 e. The zero-order valence-electron chi connectivity index (χ0n) is 10.5. The fraction of sp³-hybridized carbons (Fsp3) is 0.286. The third-order valence-corrected chi connectivity index (χ3v) is 2.67. The van der Waals surface area contributed by atoms with E-state index in [1.54, 1.807) is 25.7 Å². The minimum Gasteiger partial charge on any atom is -0.384 e. The van der Waals surface area contributed by atoms with E-state index in [9.17, 15) is 0 Å². The first-order valence-electron chi connectivity index (χ1n) is 5.96. The van der Waals surface area contributed by atoms with Gasteiger partial charge in [-0.1, -0.05) is 18.2 Å². The number of nitrogens with zero attached hydrogens (tertiary/aromatic N) is 2. The predicted molar refractivity (Wildman–Crippen MR) is 71.4 cm³/mol. The lowest BCUT2D eigenvalue weighted by molar-refractivity contribution is 0.202. The molecule has 18 heavy (non-hydrogen) atoms. The van der Waals surface area contributed by atoms with Crippen molar-refractivity contribution in [3.05, 3.63) is 54.1 Å². The minimum absolute atomic E-state index is 0.678. The smallest absolute Gasteiger partial charge is 0.0777 e. The number of para-hydroxylation sites is 1. The van der Waals surface area contributed by atoms with Gasteiger partial charge in [0.1, 0.15) is 0 Å². The van der Waals surface area contributed by atoms with E-state index >= 15 is 0 Å². The summed E-state index contributed by atoms with van der Waals surface area (Å²) < 4.78 is 5.11. The maximum atomic E-state index is 5.11. The third-order valence-electron chi connectivity index (χ3n) is 2.67. The van der Waals surface area contributed by atoms with E-state index in [4.69, 9.17) is 4.74 Å². The molecular formula is C14H17N3O. The van der Waals surface area contributed by atoms with Crippen molar-refractivity contribution in [1.29, 1.82) is 0 Å². The highest BCUT2D eigenvalue weighted by Crippen LogP contribution is 2.16. The van der Waals surface area contributed by atoms with Gasteiger partial charge in [0, 0.05) is 25.2 Å². The standard InChI is InChI=1S/C14H17N3O/c1-18-9-6-12-4-2-3-5-14(12)17-11-13-10-15-7-8-16-13/h2-5,7-8,10,17H,6,9,11H2,1H3. The molecule has 0 aliphatic heterocycles. The Morgan fingerprint density at radius 2 is 2.11 bits per heavy atom. The summed E-state index contributed by atoms with van der Waals surface area (Å²) in [6.45, 7) is 1.40. The van der Waals surface area contributed by atoms with Gasteiger partial charge in [-0.2, -0.15) is 0 Å². The van der Waals surface area contributed by atoms with Crippen molar-refractivity contribution >= 4 is 5.69 Å². The van der Waals surface area contributed by atoms with E-state index in [2.05, 4.69) is 27.4 Å². The van der Waals surface area contributed by atoms with Crippen LogP contribution in [0.2, 0.25) is 0 Å². The topological polar surface area (TPSA) is 47.0 Å². The van der Waals surface area contributed by atoms with Gasteiger partial charge in [0.2, 0.25) is 0 Å². The van der Waals surface area contributed by atoms with E-state index < -0.39 is 0 Å². The second-order valence-corrected chi connectivity index (χ2v) is 3.95. The molecule has 1 aromatic carbocycles. The minimum atomic E-state index is 0.678. The van der Waals surface area contributed by atoms with Gasteiger partial charge in [0.25, 0.3) is 0 Å². The van der Waals surface area contributed by atoms with Crippen LogP contribution in [0.25, 0.3) is 0 Å². The second kappa shape index (κ2) is 6.71. The van der Waals surface area contributed by atoms with Gasteiger partial charge in [0.05, 0.1) is 25.0 Å². The van der Waals surface area contributed by atoms with Crippen molar-refractivity contribution in [1.82, 2.24) is 9.97 Å². The Kier molecular flexibility index (Phi) is 4.67. The molecule has 0 saturated heterocycles. The van der Waals surface area contributed by atoms with Crippen molar-refractivity contribution in [3.63, 3.8) is 0 Å². The zero-order chi connectivity index (χ0) is 12.6. The molecule has 0 aliphatic carbocycles. The molecule has 94 valence electrons. The average Bonchev–Trinajstić information content (AvgIpc) is 2.45. The number of aromatic nitrogens is 2. The van der Waals surface area contributed by atoms with Crippen LogP contribution in [0.15, 0.2) is 42.9 Å². The van der Waals surface area contributed by atoms with Crippen LogP contribution in [0.3, 0.4) is 0 Å². The molecule has 1 heterocycles. The highest BCUT2D eigenvalue weighted by molar-refractivity contribution is 5.51. The fourth-order valence-corrected chi connectivity index (χ4v) is 1.73. The van der Waals surface area contributed by atoms with Gasteiger partial charge in [-0.05, 0) is 18.1 Å². The van der Waals surface area contributed by atoms with Crippen LogP contribution >= 0.6 is 0 Å². The van der Waals surface area contributed by atoms with E-state index in [0.717, 1.165) is 24.4 Å². The Bertz CT molecular complexity index is 473. The molecule has 4 heteroatoms. The summed E-state index contributed by atoms with van der Waals surface area (Å²) in [5.74, 6) is 0. The molecule has 0 bridgehead atoms. The summed E-state index contributed by atoms with van der Waals surface area (Å²) in [7, 11) is 1.72. The first-order chi connectivity index (χ1) is 8.90. The van der Waals surface area contributed by atoms with Gasteiger partial charge in [0.15, 0.2) is 0 Å². The van der Waals surface area contributed by atoms with Crippen molar-refractivity contribution in [2.45, 2.75) is 13.0 Å². The lowest BCUT2D eigenvalue weighted by Crippen LogP contribution is -2.05. The molecule has 4 nitrogen and oxygen atoms in total. The van der Waals surface area contributed by atoms with E-state index in [0.29, 0.717) is 6.54 Å². The lowest BCUT2D eigenvalue weighted by Gasteiger charge is -2.11. The summed E-state index contributed by atoms with van der Waals surface area (Å²) in [5.41, 5.74) is 3.31. The Balaban J connectivity index is 2.00. The van der Waals surface area contributed by atoms with Crippen molar-refractivity contribution in [2.24, 2.45) is 0 Å². The highest BCUT2D eigenvalue weighted by Gasteiger charge is 2.01. The summed E-state index contributed by atoms with van der Waals surface area (Å²) in [6.07, 6.45) is 6.05. The van der Waals surface area contributed by atoms with Crippen molar-refractivity contribution in [2.75, 3.05) is 19.0 Å². The summed E-state index contributed by atoms with van der Waals surface area (Å²) >= 11 is 0. The van der Waals surface area contributed by atoms with Gasteiger partial charge in [-0.3, -0.25) is 9.97 Å². The first-order valence-corrected chi connectivity index (χ1v) is 5.96. The van der Waals surface area contributed by atoms with E-state index in [1.165, 1.54) is 5.56 Å². The Labute approximate surface area is 107 Å². The average molecular weight is 243 g/mol. The molecule has 0 atom stereocenters. The number of methoxy groups -OCH3 is 1.